The highest BCUT2D eigenvalue weighted by atomic mass is 127. The topological polar surface area (TPSA) is 78.7 Å². The summed E-state index contributed by atoms with van der Waals surface area (Å²) in [5.41, 5.74) is 0. The standard InChI is InChI=1S/C15H22N4O2.HI/c1-2-16-15(19-12-6-3-4-7-12)18-11-14(20)17-10-13-8-5-9-21-13;/h3-5,8-9,12H,2,6-7,10-11H2,1H3,(H,17,20)(H2,16,18,19);1H. The number of halogens is 1. The SMILES string of the molecule is CCNC(=NCC(=O)NCc1ccco1)NC1CC=CC1.I. The van der Waals surface area contributed by atoms with Crippen LogP contribution in [0, 0.1) is 0 Å². The molecule has 0 aromatic carbocycles. The normalized spacial score (nSPS) is 14.5. The van der Waals surface area contributed by atoms with Crippen LogP contribution in [0.2, 0.25) is 0 Å². The monoisotopic (exact) mass is 418 g/mol. The zero-order valence-corrected chi connectivity index (χ0v) is 15.0. The van der Waals surface area contributed by atoms with E-state index in [-0.39, 0.29) is 36.4 Å². The summed E-state index contributed by atoms with van der Waals surface area (Å²) in [5.74, 6) is 1.28. The van der Waals surface area contributed by atoms with Crippen LogP contribution in [0.5, 0.6) is 0 Å². The quantitative estimate of drug-likeness (QED) is 0.285. The van der Waals surface area contributed by atoms with Crippen LogP contribution in [-0.2, 0) is 11.3 Å². The molecule has 0 fully saturated rings. The molecule has 0 saturated heterocycles. The van der Waals surface area contributed by atoms with Gasteiger partial charge in [-0.2, -0.15) is 0 Å². The molecular weight excluding hydrogens is 395 g/mol. The second-order valence-corrected chi connectivity index (χ2v) is 4.84. The van der Waals surface area contributed by atoms with Gasteiger partial charge in [0.05, 0.1) is 12.8 Å². The molecule has 0 saturated carbocycles. The molecule has 1 aromatic rings. The van der Waals surface area contributed by atoms with Crippen molar-refractivity contribution in [2.45, 2.75) is 32.4 Å². The summed E-state index contributed by atoms with van der Waals surface area (Å²) in [6, 6.07) is 3.99. The van der Waals surface area contributed by atoms with Gasteiger partial charge in [-0.3, -0.25) is 4.79 Å². The molecule has 0 bridgehead atoms. The van der Waals surface area contributed by atoms with Crippen LogP contribution >= 0.6 is 24.0 Å². The Morgan fingerprint density at radius 1 is 1.36 bits per heavy atom. The lowest BCUT2D eigenvalue weighted by Crippen LogP contribution is -2.43. The molecule has 2 rings (SSSR count). The fourth-order valence-electron chi connectivity index (χ4n) is 2.05. The van der Waals surface area contributed by atoms with Crippen molar-refractivity contribution in [2.24, 2.45) is 4.99 Å². The number of hydrogen-bond acceptors (Lipinski definition) is 3. The summed E-state index contributed by atoms with van der Waals surface area (Å²) in [6.45, 7) is 3.25. The minimum Gasteiger partial charge on any atom is -0.467 e. The first kappa shape index (κ1) is 18.5. The smallest absolute Gasteiger partial charge is 0.242 e. The molecule has 0 radical (unpaired) electrons. The van der Waals surface area contributed by atoms with Crippen LogP contribution in [0.25, 0.3) is 0 Å². The van der Waals surface area contributed by atoms with Crippen molar-refractivity contribution >= 4 is 35.8 Å². The Morgan fingerprint density at radius 3 is 2.77 bits per heavy atom. The minimum absolute atomic E-state index is 0. The zero-order chi connectivity index (χ0) is 14.9. The summed E-state index contributed by atoms with van der Waals surface area (Å²) >= 11 is 0. The minimum atomic E-state index is -0.131. The molecule has 122 valence electrons. The van der Waals surface area contributed by atoms with Gasteiger partial charge >= 0.3 is 0 Å². The second kappa shape index (κ2) is 10.3. The zero-order valence-electron chi connectivity index (χ0n) is 12.7. The molecular formula is C15H23IN4O2. The van der Waals surface area contributed by atoms with Gasteiger partial charge in [0.15, 0.2) is 5.96 Å². The Kier molecular flexibility index (Phi) is 8.64. The average Bonchev–Trinajstić information content (AvgIpc) is 3.16. The number of hydrogen-bond donors (Lipinski definition) is 3. The van der Waals surface area contributed by atoms with Gasteiger partial charge in [-0.25, -0.2) is 4.99 Å². The Bertz CT molecular complexity index is 492. The van der Waals surface area contributed by atoms with Crippen molar-refractivity contribution in [1.29, 1.82) is 0 Å². The molecule has 6 nitrogen and oxygen atoms in total. The molecule has 0 atom stereocenters. The first-order valence-corrected chi connectivity index (χ1v) is 7.27. The molecule has 0 aliphatic heterocycles. The maximum atomic E-state index is 11.8. The molecule has 1 heterocycles. The van der Waals surface area contributed by atoms with Gasteiger partial charge in [0.1, 0.15) is 12.3 Å². The number of carbonyl (C=O) groups excluding carboxylic acids is 1. The number of guanidine groups is 1. The van der Waals surface area contributed by atoms with Gasteiger partial charge in [0.2, 0.25) is 5.91 Å². The molecule has 1 amide bonds. The summed E-state index contributed by atoms with van der Waals surface area (Å²) < 4.78 is 5.15. The van der Waals surface area contributed by atoms with Crippen LogP contribution in [0.3, 0.4) is 0 Å². The van der Waals surface area contributed by atoms with Gasteiger partial charge < -0.3 is 20.4 Å². The highest BCUT2D eigenvalue weighted by Crippen LogP contribution is 2.08. The Morgan fingerprint density at radius 2 is 2.14 bits per heavy atom. The van der Waals surface area contributed by atoms with Crippen molar-refractivity contribution in [3.63, 3.8) is 0 Å². The molecule has 1 aromatic heterocycles. The van der Waals surface area contributed by atoms with Gasteiger partial charge in [-0.15, -0.1) is 24.0 Å². The van der Waals surface area contributed by atoms with Crippen LogP contribution < -0.4 is 16.0 Å². The molecule has 22 heavy (non-hydrogen) atoms. The largest absolute Gasteiger partial charge is 0.467 e. The van der Waals surface area contributed by atoms with Crippen molar-refractivity contribution < 1.29 is 9.21 Å². The summed E-state index contributed by atoms with van der Waals surface area (Å²) in [6.07, 6.45) is 7.88. The Balaban J connectivity index is 0.00000242. The number of rotatable bonds is 6. The Labute approximate surface area is 147 Å². The summed E-state index contributed by atoms with van der Waals surface area (Å²) in [4.78, 5) is 16.1. The fraction of sp³-hybridized carbons (Fsp3) is 0.467. The predicted octanol–water partition coefficient (Wildman–Crippen LogP) is 1.79. The van der Waals surface area contributed by atoms with E-state index in [4.69, 9.17) is 4.42 Å². The highest BCUT2D eigenvalue weighted by Gasteiger charge is 2.11. The predicted molar refractivity (Wildman–Crippen MR) is 97.2 cm³/mol. The lowest BCUT2D eigenvalue weighted by molar-refractivity contribution is -0.119. The first-order chi connectivity index (χ1) is 10.3. The molecule has 1 aliphatic rings. The third-order valence-electron chi connectivity index (χ3n) is 3.11. The number of aliphatic imine (C=N–C) groups is 1. The van der Waals surface area contributed by atoms with Gasteiger partial charge in [0.25, 0.3) is 0 Å². The van der Waals surface area contributed by atoms with E-state index in [0.29, 0.717) is 18.5 Å². The Hall–Kier alpha value is -1.51. The lowest BCUT2D eigenvalue weighted by atomic mass is 10.2. The van der Waals surface area contributed by atoms with Gasteiger partial charge in [0, 0.05) is 12.6 Å². The van der Waals surface area contributed by atoms with E-state index in [1.807, 2.05) is 13.0 Å². The number of furan rings is 1. The average molecular weight is 418 g/mol. The third kappa shape index (κ3) is 6.50. The molecule has 1 aliphatic carbocycles. The maximum Gasteiger partial charge on any atom is 0.242 e. The van der Waals surface area contributed by atoms with E-state index >= 15 is 0 Å². The molecule has 0 spiro atoms. The van der Waals surface area contributed by atoms with Gasteiger partial charge in [-0.1, -0.05) is 12.2 Å². The van der Waals surface area contributed by atoms with Gasteiger partial charge in [-0.05, 0) is 31.9 Å². The van der Waals surface area contributed by atoms with E-state index < -0.39 is 0 Å². The van der Waals surface area contributed by atoms with Crippen LogP contribution in [-0.4, -0.2) is 31.0 Å². The molecule has 0 unspecified atom stereocenters. The van der Waals surface area contributed by atoms with E-state index in [1.54, 1.807) is 12.3 Å². The number of nitrogens with zero attached hydrogens (tertiary/aromatic N) is 1. The van der Waals surface area contributed by atoms with Crippen molar-refractivity contribution in [2.75, 3.05) is 13.1 Å². The van der Waals surface area contributed by atoms with E-state index in [1.165, 1.54) is 0 Å². The number of amides is 1. The number of carbonyl (C=O) groups is 1. The molecule has 3 N–H and O–H groups in total. The maximum absolute atomic E-state index is 11.8. The van der Waals surface area contributed by atoms with Crippen LogP contribution in [0.15, 0.2) is 40.0 Å². The lowest BCUT2D eigenvalue weighted by Gasteiger charge is -2.16. The van der Waals surface area contributed by atoms with E-state index in [2.05, 4.69) is 33.1 Å². The third-order valence-corrected chi connectivity index (χ3v) is 3.11. The van der Waals surface area contributed by atoms with Crippen molar-refractivity contribution in [1.82, 2.24) is 16.0 Å². The van der Waals surface area contributed by atoms with E-state index in [0.717, 1.165) is 25.1 Å². The fourth-order valence-corrected chi connectivity index (χ4v) is 2.05. The number of nitrogens with one attached hydrogen (secondary N) is 3. The molecule has 7 heteroatoms. The van der Waals surface area contributed by atoms with E-state index in [9.17, 15) is 4.79 Å². The van der Waals surface area contributed by atoms with Crippen molar-refractivity contribution in [3.8, 4) is 0 Å². The summed E-state index contributed by atoms with van der Waals surface area (Å²) in [5, 5.41) is 9.24. The van der Waals surface area contributed by atoms with Crippen LogP contribution in [0.1, 0.15) is 25.5 Å². The summed E-state index contributed by atoms with van der Waals surface area (Å²) in [7, 11) is 0. The van der Waals surface area contributed by atoms with Crippen molar-refractivity contribution in [3.05, 3.63) is 36.3 Å². The second-order valence-electron chi connectivity index (χ2n) is 4.84. The first-order valence-electron chi connectivity index (χ1n) is 7.27. The van der Waals surface area contributed by atoms with Crippen LogP contribution in [0.4, 0.5) is 0 Å². The highest BCUT2D eigenvalue weighted by molar-refractivity contribution is 14.0.